The molecule has 0 aliphatic heterocycles. The standard InChI is InChI=1S/C24H24N2O4/c1-3-4-13-25-23(27)17-14-21(19-7-5-6-8-20(19)24(28)29)22(26-15-17)16-9-11-18(30-2)12-10-16/h5-12,14-15H,3-4,13H2,1-2H3,(H,25,27)(H,28,29). The number of carbonyl (C=O) groups is 2. The van der Waals surface area contributed by atoms with Gasteiger partial charge in [0, 0.05) is 23.9 Å². The molecule has 0 radical (unpaired) electrons. The van der Waals surface area contributed by atoms with E-state index in [0.29, 0.717) is 34.7 Å². The number of benzene rings is 2. The van der Waals surface area contributed by atoms with Crippen molar-refractivity contribution in [1.82, 2.24) is 10.3 Å². The number of amides is 1. The number of aromatic carboxylic acids is 1. The van der Waals surface area contributed by atoms with Gasteiger partial charge in [-0.1, -0.05) is 31.5 Å². The van der Waals surface area contributed by atoms with Crippen LogP contribution >= 0.6 is 0 Å². The van der Waals surface area contributed by atoms with Gasteiger partial charge in [0.05, 0.1) is 23.9 Å². The number of nitrogens with zero attached hydrogens (tertiary/aromatic N) is 1. The highest BCUT2D eigenvalue weighted by Gasteiger charge is 2.18. The number of aromatic nitrogens is 1. The van der Waals surface area contributed by atoms with E-state index < -0.39 is 5.97 Å². The monoisotopic (exact) mass is 404 g/mol. The SMILES string of the molecule is CCCCNC(=O)c1cnc(-c2ccc(OC)cc2)c(-c2ccccc2C(=O)O)c1. The molecule has 0 aliphatic rings. The van der Waals surface area contributed by atoms with Crippen LogP contribution in [-0.2, 0) is 0 Å². The summed E-state index contributed by atoms with van der Waals surface area (Å²) in [6, 6.07) is 15.8. The van der Waals surface area contributed by atoms with E-state index in [1.807, 2.05) is 24.3 Å². The molecule has 1 heterocycles. The van der Waals surface area contributed by atoms with Crippen LogP contribution in [0.4, 0.5) is 0 Å². The summed E-state index contributed by atoms with van der Waals surface area (Å²) in [6.45, 7) is 2.63. The Morgan fingerprint density at radius 2 is 1.80 bits per heavy atom. The minimum atomic E-state index is -1.04. The first-order valence-corrected chi connectivity index (χ1v) is 9.80. The first kappa shape index (κ1) is 21.0. The quantitative estimate of drug-likeness (QED) is 0.534. The number of methoxy groups -OCH3 is 1. The molecule has 3 aromatic rings. The van der Waals surface area contributed by atoms with Gasteiger partial charge >= 0.3 is 5.97 Å². The van der Waals surface area contributed by atoms with Gasteiger partial charge in [0.15, 0.2) is 0 Å². The van der Waals surface area contributed by atoms with Crippen molar-refractivity contribution in [2.75, 3.05) is 13.7 Å². The number of carbonyl (C=O) groups excluding carboxylic acids is 1. The fourth-order valence-corrected chi connectivity index (χ4v) is 3.16. The Morgan fingerprint density at radius 3 is 2.47 bits per heavy atom. The van der Waals surface area contributed by atoms with Crippen LogP contribution in [0.1, 0.15) is 40.5 Å². The lowest BCUT2D eigenvalue weighted by Crippen LogP contribution is -2.24. The van der Waals surface area contributed by atoms with E-state index in [1.165, 1.54) is 6.20 Å². The van der Waals surface area contributed by atoms with E-state index >= 15 is 0 Å². The number of carboxylic acid groups (broad SMARTS) is 1. The zero-order valence-corrected chi connectivity index (χ0v) is 17.0. The van der Waals surface area contributed by atoms with Crippen molar-refractivity contribution in [3.8, 4) is 28.1 Å². The zero-order chi connectivity index (χ0) is 21.5. The first-order valence-electron chi connectivity index (χ1n) is 9.80. The summed E-state index contributed by atoms with van der Waals surface area (Å²) in [7, 11) is 1.59. The van der Waals surface area contributed by atoms with Crippen LogP contribution in [0.15, 0.2) is 60.8 Å². The molecule has 154 valence electrons. The second-order valence-corrected chi connectivity index (χ2v) is 6.81. The minimum Gasteiger partial charge on any atom is -0.497 e. The van der Waals surface area contributed by atoms with Crippen LogP contribution in [-0.4, -0.2) is 35.6 Å². The number of ether oxygens (including phenoxy) is 1. The molecule has 1 amide bonds. The van der Waals surface area contributed by atoms with Crippen molar-refractivity contribution in [3.05, 3.63) is 71.9 Å². The van der Waals surface area contributed by atoms with Crippen LogP contribution < -0.4 is 10.1 Å². The Hall–Kier alpha value is -3.67. The fourth-order valence-electron chi connectivity index (χ4n) is 3.16. The molecule has 6 nitrogen and oxygen atoms in total. The van der Waals surface area contributed by atoms with E-state index in [0.717, 1.165) is 18.4 Å². The van der Waals surface area contributed by atoms with Gasteiger partial charge < -0.3 is 15.2 Å². The highest BCUT2D eigenvalue weighted by molar-refractivity contribution is 6.01. The lowest BCUT2D eigenvalue weighted by atomic mass is 9.94. The number of pyridine rings is 1. The molecule has 3 rings (SSSR count). The maximum absolute atomic E-state index is 12.6. The molecule has 0 saturated heterocycles. The van der Waals surface area contributed by atoms with E-state index in [2.05, 4.69) is 17.2 Å². The molecular formula is C24H24N2O4. The molecule has 0 saturated carbocycles. The molecule has 2 aromatic carbocycles. The van der Waals surface area contributed by atoms with Crippen molar-refractivity contribution < 1.29 is 19.4 Å². The molecule has 0 atom stereocenters. The van der Waals surface area contributed by atoms with Gasteiger partial charge in [0.2, 0.25) is 0 Å². The van der Waals surface area contributed by atoms with Crippen LogP contribution in [0.3, 0.4) is 0 Å². The highest BCUT2D eigenvalue weighted by Crippen LogP contribution is 2.34. The van der Waals surface area contributed by atoms with Gasteiger partial charge in [-0.2, -0.15) is 0 Å². The molecule has 2 N–H and O–H groups in total. The normalized spacial score (nSPS) is 10.5. The fraction of sp³-hybridized carbons (Fsp3) is 0.208. The lowest BCUT2D eigenvalue weighted by molar-refractivity contribution is 0.0697. The summed E-state index contributed by atoms with van der Waals surface area (Å²) in [4.78, 5) is 28.9. The highest BCUT2D eigenvalue weighted by atomic mass is 16.5. The minimum absolute atomic E-state index is 0.151. The molecular weight excluding hydrogens is 380 g/mol. The second kappa shape index (κ2) is 9.69. The maximum Gasteiger partial charge on any atom is 0.336 e. The molecule has 0 bridgehead atoms. The topological polar surface area (TPSA) is 88.5 Å². The maximum atomic E-state index is 12.6. The number of hydrogen-bond donors (Lipinski definition) is 2. The third-order valence-electron chi connectivity index (χ3n) is 4.78. The smallest absolute Gasteiger partial charge is 0.336 e. The largest absolute Gasteiger partial charge is 0.497 e. The second-order valence-electron chi connectivity index (χ2n) is 6.81. The molecule has 1 aromatic heterocycles. The molecule has 0 aliphatic carbocycles. The number of nitrogens with one attached hydrogen (secondary N) is 1. The van der Waals surface area contributed by atoms with Crippen LogP contribution in [0.5, 0.6) is 5.75 Å². The Balaban J connectivity index is 2.13. The van der Waals surface area contributed by atoms with Gasteiger partial charge in [-0.05, 0) is 48.4 Å². The molecule has 30 heavy (non-hydrogen) atoms. The van der Waals surface area contributed by atoms with Crippen molar-refractivity contribution in [2.45, 2.75) is 19.8 Å². The van der Waals surface area contributed by atoms with Gasteiger partial charge in [-0.25, -0.2) is 4.79 Å². The average molecular weight is 404 g/mol. The van der Waals surface area contributed by atoms with Crippen LogP contribution in [0.2, 0.25) is 0 Å². The van der Waals surface area contributed by atoms with Crippen molar-refractivity contribution in [3.63, 3.8) is 0 Å². The Labute approximate surface area is 175 Å². The van der Waals surface area contributed by atoms with Crippen molar-refractivity contribution in [1.29, 1.82) is 0 Å². The number of rotatable bonds is 8. The Kier molecular flexibility index (Phi) is 6.80. The zero-order valence-electron chi connectivity index (χ0n) is 17.0. The molecule has 0 unspecified atom stereocenters. The number of unbranched alkanes of at least 4 members (excludes halogenated alkanes) is 1. The van der Waals surface area contributed by atoms with Crippen LogP contribution in [0, 0.1) is 0 Å². The first-order chi connectivity index (χ1) is 14.5. The van der Waals surface area contributed by atoms with E-state index in [1.54, 1.807) is 37.4 Å². The van der Waals surface area contributed by atoms with Gasteiger partial charge in [-0.3, -0.25) is 9.78 Å². The summed E-state index contributed by atoms with van der Waals surface area (Å²) >= 11 is 0. The van der Waals surface area contributed by atoms with E-state index in [-0.39, 0.29) is 11.5 Å². The van der Waals surface area contributed by atoms with Crippen molar-refractivity contribution >= 4 is 11.9 Å². The van der Waals surface area contributed by atoms with Crippen LogP contribution in [0.25, 0.3) is 22.4 Å². The predicted molar refractivity (Wildman–Crippen MR) is 116 cm³/mol. The summed E-state index contributed by atoms with van der Waals surface area (Å²) in [5.41, 5.74) is 3.02. The van der Waals surface area contributed by atoms with Gasteiger partial charge in [0.25, 0.3) is 5.91 Å². The molecule has 6 heteroatoms. The molecule has 0 spiro atoms. The Bertz CT molecular complexity index is 1050. The Morgan fingerprint density at radius 1 is 1.07 bits per heavy atom. The van der Waals surface area contributed by atoms with Gasteiger partial charge in [-0.15, -0.1) is 0 Å². The summed E-state index contributed by atoms with van der Waals surface area (Å²) < 4.78 is 5.22. The third-order valence-corrected chi connectivity index (χ3v) is 4.78. The summed E-state index contributed by atoms with van der Waals surface area (Å²) in [5, 5.41) is 12.5. The van der Waals surface area contributed by atoms with E-state index in [9.17, 15) is 14.7 Å². The summed E-state index contributed by atoms with van der Waals surface area (Å²) in [6.07, 6.45) is 3.39. The van der Waals surface area contributed by atoms with Crippen molar-refractivity contribution in [2.24, 2.45) is 0 Å². The van der Waals surface area contributed by atoms with E-state index in [4.69, 9.17) is 4.74 Å². The summed E-state index contributed by atoms with van der Waals surface area (Å²) in [5.74, 6) is -0.562. The average Bonchev–Trinajstić information content (AvgIpc) is 2.79. The predicted octanol–water partition coefficient (Wildman–Crippen LogP) is 4.65. The number of carboxylic acids is 1. The third kappa shape index (κ3) is 4.66. The lowest BCUT2D eigenvalue weighted by Gasteiger charge is -2.14. The number of hydrogen-bond acceptors (Lipinski definition) is 4. The molecule has 0 fully saturated rings. The van der Waals surface area contributed by atoms with Gasteiger partial charge in [0.1, 0.15) is 5.75 Å².